The highest BCUT2D eigenvalue weighted by atomic mass is 32.2. The SMILES string of the molecule is COc1ccncc1S(=O)(=O)n1ccc2cnc(Nc3ccc(N4CCN(C)CC4)cc3)nc21. The molecule has 0 atom stereocenters. The zero-order chi connectivity index (χ0) is 23.7. The van der Waals surface area contributed by atoms with Gasteiger partial charge in [0.2, 0.25) is 5.95 Å². The van der Waals surface area contributed by atoms with Crippen LogP contribution in [-0.4, -0.2) is 72.6 Å². The second kappa shape index (κ2) is 8.92. The van der Waals surface area contributed by atoms with Gasteiger partial charge in [-0.2, -0.15) is 4.98 Å². The number of piperazine rings is 1. The fourth-order valence-electron chi connectivity index (χ4n) is 3.93. The molecule has 176 valence electrons. The van der Waals surface area contributed by atoms with Gasteiger partial charge in [0.1, 0.15) is 10.6 Å². The van der Waals surface area contributed by atoms with Gasteiger partial charge in [0.15, 0.2) is 5.65 Å². The van der Waals surface area contributed by atoms with Crippen LogP contribution in [-0.2, 0) is 10.0 Å². The minimum atomic E-state index is -3.97. The van der Waals surface area contributed by atoms with Gasteiger partial charge in [0.05, 0.1) is 13.3 Å². The van der Waals surface area contributed by atoms with Crippen LogP contribution in [0.4, 0.5) is 17.3 Å². The standard InChI is InChI=1S/C23H25N7O3S/c1-28-11-13-29(14-12-28)19-5-3-18(4-6-19)26-23-25-15-17-8-10-30(22(17)27-23)34(31,32)21-16-24-9-7-20(21)33-2/h3-10,15-16H,11-14H2,1-2H3,(H,25,26,27). The quantitative estimate of drug-likeness (QED) is 0.447. The number of likely N-dealkylation sites (N-methyl/N-ethyl adjacent to an activating group) is 1. The van der Waals surface area contributed by atoms with E-state index in [4.69, 9.17) is 4.74 Å². The van der Waals surface area contributed by atoms with Crippen LogP contribution in [0.15, 0.2) is 66.1 Å². The molecule has 0 unspecified atom stereocenters. The second-order valence-corrected chi connectivity index (χ2v) is 9.86. The van der Waals surface area contributed by atoms with Crippen molar-refractivity contribution in [2.45, 2.75) is 4.90 Å². The van der Waals surface area contributed by atoms with E-state index in [1.165, 1.54) is 37.5 Å². The molecule has 11 heteroatoms. The summed E-state index contributed by atoms with van der Waals surface area (Å²) in [5, 5.41) is 3.77. The molecule has 1 aromatic carbocycles. The predicted molar refractivity (Wildman–Crippen MR) is 130 cm³/mol. The lowest BCUT2D eigenvalue weighted by Crippen LogP contribution is -2.44. The molecule has 34 heavy (non-hydrogen) atoms. The molecule has 5 rings (SSSR count). The predicted octanol–water partition coefficient (Wildman–Crippen LogP) is 2.57. The number of benzene rings is 1. The third-order valence-corrected chi connectivity index (χ3v) is 7.56. The molecule has 4 aromatic rings. The van der Waals surface area contributed by atoms with Crippen LogP contribution in [0.2, 0.25) is 0 Å². The van der Waals surface area contributed by atoms with Crippen LogP contribution in [0, 0.1) is 0 Å². The number of fused-ring (bicyclic) bond motifs is 1. The van der Waals surface area contributed by atoms with E-state index in [1.807, 2.05) is 12.1 Å². The monoisotopic (exact) mass is 479 g/mol. The number of nitrogens with one attached hydrogen (secondary N) is 1. The van der Waals surface area contributed by atoms with Gasteiger partial charge in [-0.1, -0.05) is 0 Å². The molecule has 1 N–H and O–H groups in total. The van der Waals surface area contributed by atoms with Crippen LogP contribution in [0.1, 0.15) is 0 Å². The van der Waals surface area contributed by atoms with Gasteiger partial charge >= 0.3 is 0 Å². The number of nitrogens with zero attached hydrogens (tertiary/aromatic N) is 6. The second-order valence-electron chi connectivity index (χ2n) is 8.08. The van der Waals surface area contributed by atoms with Crippen molar-refractivity contribution in [3.05, 3.63) is 61.2 Å². The van der Waals surface area contributed by atoms with E-state index < -0.39 is 10.0 Å². The number of hydrogen-bond donors (Lipinski definition) is 1. The molecule has 1 fully saturated rings. The number of rotatable bonds is 6. The molecule has 10 nitrogen and oxygen atoms in total. The average Bonchev–Trinajstić information content (AvgIpc) is 3.29. The first-order valence-electron chi connectivity index (χ1n) is 10.8. The van der Waals surface area contributed by atoms with Crippen LogP contribution < -0.4 is 15.0 Å². The number of methoxy groups -OCH3 is 1. The molecule has 0 bridgehead atoms. The Hall–Kier alpha value is -3.70. The van der Waals surface area contributed by atoms with Crippen molar-refractivity contribution >= 4 is 38.4 Å². The smallest absolute Gasteiger partial charge is 0.274 e. The van der Waals surface area contributed by atoms with Gasteiger partial charge in [-0.05, 0) is 43.4 Å². The van der Waals surface area contributed by atoms with Crippen molar-refractivity contribution in [2.24, 2.45) is 0 Å². The molecule has 1 aliphatic heterocycles. The van der Waals surface area contributed by atoms with Gasteiger partial charge in [0, 0.05) is 61.5 Å². The molecule has 0 aliphatic carbocycles. The summed E-state index contributed by atoms with van der Waals surface area (Å²) in [5.74, 6) is 0.512. The van der Waals surface area contributed by atoms with E-state index in [0.717, 1.165) is 35.8 Å². The Morgan fingerprint density at radius 2 is 1.76 bits per heavy atom. The van der Waals surface area contributed by atoms with Crippen molar-refractivity contribution in [3.63, 3.8) is 0 Å². The molecular formula is C23H25N7O3S. The first kappa shape index (κ1) is 22.1. The van der Waals surface area contributed by atoms with Gasteiger partial charge < -0.3 is 19.9 Å². The third kappa shape index (κ3) is 4.15. The van der Waals surface area contributed by atoms with E-state index in [9.17, 15) is 8.42 Å². The maximum atomic E-state index is 13.3. The Bertz CT molecular complexity index is 1410. The molecule has 0 spiro atoms. The van der Waals surface area contributed by atoms with Crippen LogP contribution >= 0.6 is 0 Å². The number of anilines is 3. The Balaban J connectivity index is 1.41. The van der Waals surface area contributed by atoms with Crippen LogP contribution in [0.5, 0.6) is 5.75 Å². The lowest BCUT2D eigenvalue weighted by molar-refractivity contribution is 0.313. The fourth-order valence-corrected chi connectivity index (χ4v) is 5.34. The Kier molecular flexibility index (Phi) is 5.80. The van der Waals surface area contributed by atoms with Crippen LogP contribution in [0.3, 0.4) is 0 Å². The molecule has 1 aliphatic rings. The minimum Gasteiger partial charge on any atom is -0.495 e. The summed E-state index contributed by atoms with van der Waals surface area (Å²) in [4.78, 5) is 17.4. The molecule has 3 aromatic heterocycles. The highest BCUT2D eigenvalue weighted by Gasteiger charge is 2.24. The Labute approximate surface area is 197 Å². The molecule has 0 saturated carbocycles. The fraction of sp³-hybridized carbons (Fsp3) is 0.261. The largest absolute Gasteiger partial charge is 0.495 e. The first-order chi connectivity index (χ1) is 16.5. The summed E-state index contributed by atoms with van der Waals surface area (Å²) in [6.07, 6.45) is 5.79. The summed E-state index contributed by atoms with van der Waals surface area (Å²) in [6.45, 7) is 4.08. The highest BCUT2D eigenvalue weighted by molar-refractivity contribution is 7.90. The number of ether oxygens (including phenoxy) is 1. The first-order valence-corrected chi connectivity index (χ1v) is 12.3. The number of hydrogen-bond acceptors (Lipinski definition) is 9. The summed E-state index contributed by atoms with van der Waals surface area (Å²) in [6, 6.07) is 11.2. The zero-order valence-electron chi connectivity index (χ0n) is 18.9. The normalized spacial score (nSPS) is 14.9. The van der Waals surface area contributed by atoms with Crippen molar-refractivity contribution in [2.75, 3.05) is 50.6 Å². The van der Waals surface area contributed by atoms with Crippen molar-refractivity contribution in [3.8, 4) is 5.75 Å². The van der Waals surface area contributed by atoms with Crippen molar-refractivity contribution < 1.29 is 13.2 Å². The summed E-state index contributed by atoms with van der Waals surface area (Å²) in [5.41, 5.74) is 2.24. The van der Waals surface area contributed by atoms with E-state index in [2.05, 4.69) is 49.2 Å². The van der Waals surface area contributed by atoms with Crippen LogP contribution in [0.25, 0.3) is 11.0 Å². The van der Waals surface area contributed by atoms with E-state index in [-0.39, 0.29) is 16.3 Å². The van der Waals surface area contributed by atoms with Crippen molar-refractivity contribution in [1.82, 2.24) is 23.8 Å². The molecule has 4 heterocycles. The molecule has 0 amide bonds. The van der Waals surface area contributed by atoms with Gasteiger partial charge in [-0.15, -0.1) is 0 Å². The Morgan fingerprint density at radius 3 is 2.50 bits per heavy atom. The third-order valence-electron chi connectivity index (χ3n) is 5.89. The Morgan fingerprint density at radius 1 is 1.00 bits per heavy atom. The van der Waals surface area contributed by atoms with Crippen molar-refractivity contribution in [1.29, 1.82) is 0 Å². The summed E-state index contributed by atoms with van der Waals surface area (Å²) < 4.78 is 33.0. The minimum absolute atomic E-state index is 0.0392. The maximum Gasteiger partial charge on any atom is 0.274 e. The van der Waals surface area contributed by atoms with E-state index >= 15 is 0 Å². The molecule has 0 radical (unpaired) electrons. The molecule has 1 saturated heterocycles. The summed E-state index contributed by atoms with van der Waals surface area (Å²) >= 11 is 0. The number of aromatic nitrogens is 4. The number of pyridine rings is 1. The van der Waals surface area contributed by atoms with E-state index in [0.29, 0.717) is 11.3 Å². The lowest BCUT2D eigenvalue weighted by Gasteiger charge is -2.34. The van der Waals surface area contributed by atoms with Gasteiger partial charge in [-0.25, -0.2) is 17.4 Å². The summed E-state index contributed by atoms with van der Waals surface area (Å²) in [7, 11) is -0.421. The van der Waals surface area contributed by atoms with Gasteiger partial charge in [-0.3, -0.25) is 4.98 Å². The van der Waals surface area contributed by atoms with E-state index in [1.54, 1.807) is 12.3 Å². The highest BCUT2D eigenvalue weighted by Crippen LogP contribution is 2.28. The molecular weight excluding hydrogens is 454 g/mol. The zero-order valence-corrected chi connectivity index (χ0v) is 19.7. The lowest BCUT2D eigenvalue weighted by atomic mass is 10.2. The van der Waals surface area contributed by atoms with Gasteiger partial charge in [0.25, 0.3) is 10.0 Å². The topological polar surface area (TPSA) is 105 Å². The average molecular weight is 480 g/mol. The maximum absolute atomic E-state index is 13.3.